The van der Waals surface area contributed by atoms with Gasteiger partial charge in [0.15, 0.2) is 0 Å². The number of hydrogen-bond donors (Lipinski definition) is 3. The van der Waals surface area contributed by atoms with Crippen LogP contribution in [0.5, 0.6) is 0 Å². The number of benzene rings is 2. The molecule has 2 aliphatic carbocycles. The highest BCUT2D eigenvalue weighted by Crippen LogP contribution is 2.44. The first kappa shape index (κ1) is 21.9. The predicted molar refractivity (Wildman–Crippen MR) is 119 cm³/mol. The van der Waals surface area contributed by atoms with Gasteiger partial charge in [-0.2, -0.15) is 0 Å². The second-order valence-electron chi connectivity index (χ2n) is 8.62. The Labute approximate surface area is 187 Å². The molecule has 0 aromatic heterocycles. The normalized spacial score (nSPS) is 20.2. The lowest BCUT2D eigenvalue weighted by atomic mass is 9.98. The van der Waals surface area contributed by atoms with Crippen LogP contribution in [0, 0.1) is 5.92 Å². The topological polar surface area (TPSA) is 105 Å². The summed E-state index contributed by atoms with van der Waals surface area (Å²) >= 11 is 0. The maximum absolute atomic E-state index is 12.6. The van der Waals surface area contributed by atoms with Crippen molar-refractivity contribution in [3.63, 3.8) is 0 Å². The molecule has 0 radical (unpaired) electrons. The first-order valence-corrected chi connectivity index (χ1v) is 11.1. The second-order valence-corrected chi connectivity index (χ2v) is 8.62. The first-order chi connectivity index (χ1) is 15.4. The Morgan fingerprint density at radius 3 is 2.28 bits per heavy atom. The molecule has 2 aromatic carbocycles. The van der Waals surface area contributed by atoms with Crippen LogP contribution in [-0.4, -0.2) is 41.8 Å². The van der Waals surface area contributed by atoms with Gasteiger partial charge in [0.1, 0.15) is 6.61 Å². The fraction of sp³-hybridized carbons (Fsp3) is 0.400. The number of carboxylic acids is 1. The summed E-state index contributed by atoms with van der Waals surface area (Å²) in [5.74, 6) is -1.59. The Balaban J connectivity index is 1.35. The minimum atomic E-state index is -0.961. The molecule has 0 spiro atoms. The molecule has 168 valence electrons. The molecule has 0 aliphatic heterocycles. The van der Waals surface area contributed by atoms with Crippen molar-refractivity contribution in [2.24, 2.45) is 5.92 Å². The molecule has 4 rings (SSSR count). The number of fused-ring (bicyclic) bond motifs is 3. The van der Waals surface area contributed by atoms with E-state index in [1.807, 2.05) is 24.3 Å². The first-order valence-electron chi connectivity index (χ1n) is 11.1. The third-order valence-electron chi connectivity index (χ3n) is 6.37. The third kappa shape index (κ3) is 4.61. The van der Waals surface area contributed by atoms with Crippen LogP contribution in [0.4, 0.5) is 4.79 Å². The molecule has 0 saturated heterocycles. The van der Waals surface area contributed by atoms with Crippen molar-refractivity contribution in [1.82, 2.24) is 10.6 Å². The quantitative estimate of drug-likeness (QED) is 0.614. The summed E-state index contributed by atoms with van der Waals surface area (Å²) in [5.41, 5.74) is 4.62. The summed E-state index contributed by atoms with van der Waals surface area (Å²) in [5, 5.41) is 14.5. The number of carbonyl (C=O) groups is 3. The number of nitrogens with one attached hydrogen (secondary N) is 2. The van der Waals surface area contributed by atoms with Crippen LogP contribution in [0.2, 0.25) is 0 Å². The van der Waals surface area contributed by atoms with E-state index >= 15 is 0 Å². The van der Waals surface area contributed by atoms with E-state index in [-0.39, 0.29) is 36.8 Å². The van der Waals surface area contributed by atoms with Crippen molar-refractivity contribution in [2.75, 3.05) is 6.61 Å². The van der Waals surface area contributed by atoms with Crippen molar-refractivity contribution in [3.8, 4) is 11.1 Å². The van der Waals surface area contributed by atoms with Gasteiger partial charge in [0.25, 0.3) is 0 Å². The van der Waals surface area contributed by atoms with Crippen molar-refractivity contribution >= 4 is 18.0 Å². The Hall–Kier alpha value is -3.35. The lowest BCUT2D eigenvalue weighted by Crippen LogP contribution is -2.46. The molecule has 7 nitrogen and oxygen atoms in total. The molecule has 2 amide bonds. The van der Waals surface area contributed by atoms with Crippen molar-refractivity contribution in [1.29, 1.82) is 0 Å². The van der Waals surface area contributed by atoms with Gasteiger partial charge in [0.2, 0.25) is 5.91 Å². The van der Waals surface area contributed by atoms with Gasteiger partial charge in [-0.1, -0.05) is 55.0 Å². The van der Waals surface area contributed by atoms with E-state index in [2.05, 4.69) is 34.9 Å². The Morgan fingerprint density at radius 2 is 1.66 bits per heavy atom. The van der Waals surface area contributed by atoms with Gasteiger partial charge < -0.3 is 20.5 Å². The van der Waals surface area contributed by atoms with Crippen molar-refractivity contribution in [2.45, 2.75) is 50.6 Å². The number of alkyl carbamates (subject to hydrolysis) is 1. The van der Waals surface area contributed by atoms with Crippen molar-refractivity contribution in [3.05, 3.63) is 59.7 Å². The van der Waals surface area contributed by atoms with E-state index in [9.17, 15) is 14.4 Å². The zero-order valence-electron chi connectivity index (χ0n) is 18.0. The Bertz CT molecular complexity index is 975. The molecule has 1 saturated carbocycles. The highest BCUT2D eigenvalue weighted by atomic mass is 16.5. The highest BCUT2D eigenvalue weighted by Gasteiger charge is 2.35. The predicted octanol–water partition coefficient (Wildman–Crippen LogP) is 3.67. The molecule has 0 heterocycles. The molecule has 7 heteroatoms. The van der Waals surface area contributed by atoms with Crippen LogP contribution in [-0.2, 0) is 14.3 Å². The summed E-state index contributed by atoms with van der Waals surface area (Å²) in [7, 11) is 0. The number of hydrogen-bond acceptors (Lipinski definition) is 4. The van der Waals surface area contributed by atoms with Crippen LogP contribution in [0.1, 0.15) is 49.7 Å². The van der Waals surface area contributed by atoms with E-state index in [0.717, 1.165) is 17.5 Å². The fourth-order valence-corrected chi connectivity index (χ4v) is 4.90. The molecule has 0 bridgehead atoms. The molecule has 3 atom stereocenters. The Kier molecular flexibility index (Phi) is 6.44. The average Bonchev–Trinajstić information content (AvgIpc) is 3.34. The zero-order valence-corrected chi connectivity index (χ0v) is 18.0. The van der Waals surface area contributed by atoms with Crippen LogP contribution < -0.4 is 10.6 Å². The smallest absolute Gasteiger partial charge is 0.407 e. The highest BCUT2D eigenvalue weighted by molar-refractivity contribution is 5.82. The fourth-order valence-electron chi connectivity index (χ4n) is 4.90. The minimum absolute atomic E-state index is 0.0207. The summed E-state index contributed by atoms with van der Waals surface area (Å²) in [4.78, 5) is 36.0. The summed E-state index contributed by atoms with van der Waals surface area (Å²) in [6.45, 7) is 1.88. The maximum Gasteiger partial charge on any atom is 0.407 e. The van der Waals surface area contributed by atoms with Gasteiger partial charge in [0.05, 0.1) is 12.3 Å². The molecule has 2 aliphatic rings. The molecular weight excluding hydrogens is 408 g/mol. The van der Waals surface area contributed by atoms with Gasteiger partial charge in [-0.25, -0.2) is 4.79 Å². The molecule has 2 aromatic rings. The summed E-state index contributed by atoms with van der Waals surface area (Å²) in [6, 6.07) is 15.5. The number of ether oxygens (including phenoxy) is 1. The third-order valence-corrected chi connectivity index (χ3v) is 6.37. The van der Waals surface area contributed by atoms with Crippen LogP contribution in [0.25, 0.3) is 11.1 Å². The standard InChI is InChI=1S/C25H28N2O5/c1-15(13-23(28)29)26-24(30)20-11-6-12-22(20)27-25(31)32-14-21-18-9-4-2-7-16(18)17-8-3-5-10-19(17)21/h2-5,7-10,15,20-22H,6,11-14H2,1H3,(H,26,30)(H,27,31)(H,28,29)/t15-,20-,22+/m1/s1. The number of aliphatic carboxylic acids is 1. The van der Waals surface area contributed by atoms with Gasteiger partial charge >= 0.3 is 12.1 Å². The molecule has 32 heavy (non-hydrogen) atoms. The SMILES string of the molecule is C[C@H](CC(=O)O)NC(=O)[C@@H]1CCC[C@@H]1NC(=O)OCC1c2ccccc2-c2ccccc21. The molecular formula is C25H28N2O5. The largest absolute Gasteiger partial charge is 0.481 e. The van der Waals surface area contributed by atoms with E-state index in [1.165, 1.54) is 11.1 Å². The van der Waals surface area contributed by atoms with Gasteiger partial charge in [-0.15, -0.1) is 0 Å². The van der Waals surface area contributed by atoms with Crippen molar-refractivity contribution < 1.29 is 24.2 Å². The molecule has 1 fully saturated rings. The zero-order chi connectivity index (χ0) is 22.7. The lowest BCUT2D eigenvalue weighted by molar-refractivity contribution is -0.137. The number of carbonyl (C=O) groups excluding carboxylic acids is 2. The van der Waals surface area contributed by atoms with Crippen LogP contribution in [0.15, 0.2) is 48.5 Å². The van der Waals surface area contributed by atoms with E-state index in [1.54, 1.807) is 6.92 Å². The van der Waals surface area contributed by atoms with E-state index in [0.29, 0.717) is 12.8 Å². The van der Waals surface area contributed by atoms with E-state index in [4.69, 9.17) is 9.84 Å². The lowest BCUT2D eigenvalue weighted by Gasteiger charge is -2.22. The van der Waals surface area contributed by atoms with Crippen LogP contribution in [0.3, 0.4) is 0 Å². The summed E-state index contributed by atoms with van der Waals surface area (Å²) in [6.07, 6.45) is 1.49. The monoisotopic (exact) mass is 436 g/mol. The number of amides is 2. The van der Waals surface area contributed by atoms with Gasteiger partial charge in [0, 0.05) is 18.0 Å². The number of carboxylic acid groups (broad SMARTS) is 1. The number of rotatable bonds is 7. The molecule has 0 unspecified atom stereocenters. The van der Waals surface area contributed by atoms with Crippen LogP contribution >= 0.6 is 0 Å². The van der Waals surface area contributed by atoms with E-state index < -0.39 is 18.1 Å². The van der Waals surface area contributed by atoms with Gasteiger partial charge in [-0.05, 0) is 42.0 Å². The second kappa shape index (κ2) is 9.42. The minimum Gasteiger partial charge on any atom is -0.481 e. The average molecular weight is 437 g/mol. The molecule has 3 N–H and O–H groups in total. The Morgan fingerprint density at radius 1 is 1.03 bits per heavy atom. The van der Waals surface area contributed by atoms with Gasteiger partial charge in [-0.3, -0.25) is 9.59 Å². The maximum atomic E-state index is 12.6. The summed E-state index contributed by atoms with van der Waals surface area (Å²) < 4.78 is 5.60.